The molecule has 1 aliphatic heterocycles. The summed E-state index contributed by atoms with van der Waals surface area (Å²) < 4.78 is 17.7. The minimum Gasteiger partial charge on any atom is -0.465 e. The normalized spacial score (nSPS) is 23.6. The number of rotatable bonds is 3. The summed E-state index contributed by atoms with van der Waals surface area (Å²) in [6.07, 6.45) is 0. The largest absolute Gasteiger partial charge is 0.465 e. The zero-order valence-corrected chi connectivity index (χ0v) is 10.3. The van der Waals surface area contributed by atoms with Crippen molar-refractivity contribution >= 4 is 17.7 Å². The molecule has 0 spiro atoms. The molecule has 0 bridgehead atoms. The van der Waals surface area contributed by atoms with Crippen molar-refractivity contribution in [2.45, 2.75) is 18.3 Å². The smallest absolute Gasteiger partial charge is 0.324 e. The highest BCUT2D eigenvalue weighted by atomic mass is 32.2. The number of nitrogens with one attached hydrogen (secondary N) is 1. The highest BCUT2D eigenvalue weighted by molar-refractivity contribution is 7.99. The summed E-state index contributed by atoms with van der Waals surface area (Å²) in [4.78, 5) is 11.5. The number of carbonyl (C=O) groups excluding carboxylic acids is 1. The van der Waals surface area contributed by atoms with Crippen molar-refractivity contribution in [1.29, 1.82) is 0 Å². The first kappa shape index (κ1) is 12.4. The second kappa shape index (κ2) is 5.51. The lowest BCUT2D eigenvalue weighted by Gasteiger charge is -2.12. The van der Waals surface area contributed by atoms with E-state index in [0.29, 0.717) is 12.4 Å². The second-order valence-corrected chi connectivity index (χ2v) is 4.87. The molecule has 1 aliphatic rings. The maximum Gasteiger partial charge on any atom is 0.324 e. The molecule has 17 heavy (non-hydrogen) atoms. The Morgan fingerprint density at radius 1 is 1.53 bits per heavy atom. The quantitative estimate of drug-likeness (QED) is 0.839. The SMILES string of the molecule is CCOC(=O)C1CSC(c2ccc(F)cc2)N1. The molecule has 1 heterocycles. The van der Waals surface area contributed by atoms with Crippen LogP contribution in [0.3, 0.4) is 0 Å². The number of ether oxygens (including phenoxy) is 1. The molecule has 2 atom stereocenters. The van der Waals surface area contributed by atoms with Gasteiger partial charge < -0.3 is 4.74 Å². The Balaban J connectivity index is 1.98. The molecule has 1 aromatic carbocycles. The second-order valence-electron chi connectivity index (χ2n) is 3.74. The molecular formula is C12H14FNO2S. The number of carbonyl (C=O) groups is 1. The third-order valence-corrected chi connectivity index (χ3v) is 3.79. The Morgan fingerprint density at radius 2 is 2.24 bits per heavy atom. The highest BCUT2D eigenvalue weighted by Gasteiger charge is 2.31. The predicted octanol–water partition coefficient (Wildman–Crippen LogP) is 2.09. The molecule has 2 unspecified atom stereocenters. The number of esters is 1. The molecule has 92 valence electrons. The Morgan fingerprint density at radius 3 is 2.88 bits per heavy atom. The zero-order chi connectivity index (χ0) is 12.3. The van der Waals surface area contributed by atoms with Crippen molar-refractivity contribution in [3.8, 4) is 0 Å². The van der Waals surface area contributed by atoms with Crippen molar-refractivity contribution < 1.29 is 13.9 Å². The summed E-state index contributed by atoms with van der Waals surface area (Å²) in [6, 6.07) is 6.04. The Hall–Kier alpha value is -1.07. The van der Waals surface area contributed by atoms with Gasteiger partial charge in [-0.3, -0.25) is 10.1 Å². The van der Waals surface area contributed by atoms with E-state index < -0.39 is 0 Å². The first-order valence-electron chi connectivity index (χ1n) is 5.50. The van der Waals surface area contributed by atoms with E-state index in [4.69, 9.17) is 4.74 Å². The van der Waals surface area contributed by atoms with E-state index in [9.17, 15) is 9.18 Å². The number of thioether (sulfide) groups is 1. The third-order valence-electron chi connectivity index (χ3n) is 2.53. The van der Waals surface area contributed by atoms with Crippen LogP contribution in [0.2, 0.25) is 0 Å². The van der Waals surface area contributed by atoms with Crippen molar-refractivity contribution in [2.75, 3.05) is 12.4 Å². The first-order chi connectivity index (χ1) is 8.20. The van der Waals surface area contributed by atoms with Gasteiger partial charge in [-0.2, -0.15) is 0 Å². The summed E-state index contributed by atoms with van der Waals surface area (Å²) in [5, 5.41) is 3.21. The molecule has 0 aliphatic carbocycles. The van der Waals surface area contributed by atoms with Gasteiger partial charge in [-0.05, 0) is 24.6 Å². The topological polar surface area (TPSA) is 38.3 Å². The molecule has 0 saturated carbocycles. The zero-order valence-electron chi connectivity index (χ0n) is 9.48. The number of halogens is 1. The molecule has 1 fully saturated rings. The predicted molar refractivity (Wildman–Crippen MR) is 65.2 cm³/mol. The fraction of sp³-hybridized carbons (Fsp3) is 0.417. The van der Waals surface area contributed by atoms with E-state index in [1.165, 1.54) is 12.1 Å². The van der Waals surface area contributed by atoms with Gasteiger partial charge in [0.15, 0.2) is 0 Å². The van der Waals surface area contributed by atoms with Crippen LogP contribution in [0.4, 0.5) is 4.39 Å². The maximum atomic E-state index is 12.8. The molecule has 2 rings (SSSR count). The molecule has 1 aromatic rings. The molecule has 1 N–H and O–H groups in total. The molecule has 0 amide bonds. The van der Waals surface area contributed by atoms with Crippen molar-refractivity contribution in [1.82, 2.24) is 5.32 Å². The summed E-state index contributed by atoms with van der Waals surface area (Å²) in [5.41, 5.74) is 0.975. The Kier molecular flexibility index (Phi) is 4.02. The van der Waals surface area contributed by atoms with Gasteiger partial charge in [0.05, 0.1) is 12.0 Å². The van der Waals surface area contributed by atoms with Gasteiger partial charge in [0.2, 0.25) is 0 Å². The average Bonchev–Trinajstić information content (AvgIpc) is 2.80. The fourth-order valence-corrected chi connectivity index (χ4v) is 2.91. The van der Waals surface area contributed by atoms with Crippen LogP contribution in [-0.2, 0) is 9.53 Å². The summed E-state index contributed by atoms with van der Waals surface area (Å²) in [5.74, 6) is 0.212. The number of hydrogen-bond donors (Lipinski definition) is 1. The van der Waals surface area contributed by atoms with E-state index in [-0.39, 0.29) is 23.2 Å². The fourth-order valence-electron chi connectivity index (χ4n) is 1.68. The molecule has 5 heteroatoms. The van der Waals surface area contributed by atoms with Gasteiger partial charge in [0.1, 0.15) is 11.9 Å². The van der Waals surface area contributed by atoms with Crippen LogP contribution < -0.4 is 5.32 Å². The van der Waals surface area contributed by atoms with Crippen LogP contribution in [-0.4, -0.2) is 24.4 Å². The van der Waals surface area contributed by atoms with E-state index >= 15 is 0 Å². The summed E-state index contributed by atoms with van der Waals surface area (Å²) in [7, 11) is 0. The lowest BCUT2D eigenvalue weighted by Crippen LogP contribution is -2.35. The van der Waals surface area contributed by atoms with Crippen LogP contribution in [0, 0.1) is 5.82 Å². The number of hydrogen-bond acceptors (Lipinski definition) is 4. The molecule has 3 nitrogen and oxygen atoms in total. The average molecular weight is 255 g/mol. The summed E-state index contributed by atoms with van der Waals surface area (Å²) in [6.45, 7) is 2.18. The van der Waals surface area contributed by atoms with E-state index in [0.717, 1.165) is 5.56 Å². The molecule has 0 aromatic heterocycles. The lowest BCUT2D eigenvalue weighted by atomic mass is 10.2. The monoisotopic (exact) mass is 255 g/mol. The molecule has 0 radical (unpaired) electrons. The van der Waals surface area contributed by atoms with Gasteiger partial charge in [0, 0.05) is 5.75 Å². The van der Waals surface area contributed by atoms with Gasteiger partial charge in [-0.15, -0.1) is 11.8 Å². The van der Waals surface area contributed by atoms with E-state index in [2.05, 4.69) is 5.32 Å². The van der Waals surface area contributed by atoms with Crippen molar-refractivity contribution in [2.24, 2.45) is 0 Å². The van der Waals surface area contributed by atoms with Gasteiger partial charge in [-0.1, -0.05) is 12.1 Å². The van der Waals surface area contributed by atoms with Crippen molar-refractivity contribution in [3.05, 3.63) is 35.6 Å². The van der Waals surface area contributed by atoms with Crippen LogP contribution >= 0.6 is 11.8 Å². The van der Waals surface area contributed by atoms with Crippen LogP contribution in [0.15, 0.2) is 24.3 Å². The van der Waals surface area contributed by atoms with Crippen LogP contribution in [0.1, 0.15) is 17.9 Å². The Bertz CT molecular complexity index is 396. The third kappa shape index (κ3) is 2.98. The maximum absolute atomic E-state index is 12.8. The molecular weight excluding hydrogens is 241 g/mol. The highest BCUT2D eigenvalue weighted by Crippen LogP contribution is 2.32. The number of benzene rings is 1. The minimum absolute atomic E-state index is 0.0324. The minimum atomic E-state index is -0.269. The van der Waals surface area contributed by atoms with Crippen molar-refractivity contribution in [3.63, 3.8) is 0 Å². The standard InChI is InChI=1S/C12H14FNO2S/c1-2-16-12(15)10-7-17-11(14-10)8-3-5-9(13)6-4-8/h3-6,10-11,14H,2,7H2,1H3. The first-order valence-corrected chi connectivity index (χ1v) is 6.55. The van der Waals surface area contributed by atoms with E-state index in [1.807, 2.05) is 0 Å². The van der Waals surface area contributed by atoms with E-state index in [1.54, 1.807) is 30.8 Å². The summed E-state index contributed by atoms with van der Waals surface area (Å²) >= 11 is 1.63. The van der Waals surface area contributed by atoms with Gasteiger partial charge in [0.25, 0.3) is 0 Å². The Labute approximate surface area is 104 Å². The van der Waals surface area contributed by atoms with Gasteiger partial charge >= 0.3 is 5.97 Å². The molecule has 1 saturated heterocycles. The van der Waals surface area contributed by atoms with Crippen LogP contribution in [0.25, 0.3) is 0 Å². The van der Waals surface area contributed by atoms with Gasteiger partial charge in [-0.25, -0.2) is 4.39 Å². The van der Waals surface area contributed by atoms with Crippen LogP contribution in [0.5, 0.6) is 0 Å². The lowest BCUT2D eigenvalue weighted by molar-refractivity contribution is -0.144.